The standard InChI is InChI=1S/C14H21NO3S/c1-9(7-10-5-6-19-8-10)15-12(16)11(13(17)18)14(2,3)4/h5-6,8-9,11H,7H2,1-4H3,(H,15,16)(H,17,18). The van der Waals surface area contributed by atoms with E-state index < -0.39 is 23.2 Å². The van der Waals surface area contributed by atoms with Crippen molar-refractivity contribution in [1.82, 2.24) is 5.32 Å². The molecule has 2 N–H and O–H groups in total. The van der Waals surface area contributed by atoms with Crippen LogP contribution in [0.3, 0.4) is 0 Å². The van der Waals surface area contributed by atoms with E-state index >= 15 is 0 Å². The summed E-state index contributed by atoms with van der Waals surface area (Å²) in [5.41, 5.74) is 0.554. The lowest BCUT2D eigenvalue weighted by atomic mass is 9.80. The zero-order valence-corrected chi connectivity index (χ0v) is 12.6. The van der Waals surface area contributed by atoms with Gasteiger partial charge in [-0.2, -0.15) is 11.3 Å². The number of carbonyl (C=O) groups is 2. The van der Waals surface area contributed by atoms with E-state index in [0.29, 0.717) is 6.42 Å². The van der Waals surface area contributed by atoms with Crippen LogP contribution in [0.4, 0.5) is 0 Å². The second kappa shape index (κ2) is 6.19. The molecule has 0 aliphatic carbocycles. The van der Waals surface area contributed by atoms with Gasteiger partial charge >= 0.3 is 5.97 Å². The molecule has 4 nitrogen and oxygen atoms in total. The first-order valence-electron chi connectivity index (χ1n) is 6.26. The summed E-state index contributed by atoms with van der Waals surface area (Å²) < 4.78 is 0. The molecular weight excluding hydrogens is 262 g/mol. The van der Waals surface area contributed by atoms with Crippen molar-refractivity contribution in [2.45, 2.75) is 40.2 Å². The summed E-state index contributed by atoms with van der Waals surface area (Å²) in [6.45, 7) is 7.16. The van der Waals surface area contributed by atoms with Crippen molar-refractivity contribution >= 4 is 23.2 Å². The molecule has 0 radical (unpaired) electrons. The Kier molecular flexibility index (Phi) is 5.11. The van der Waals surface area contributed by atoms with Gasteiger partial charge in [-0.15, -0.1) is 0 Å². The Morgan fingerprint density at radius 3 is 2.47 bits per heavy atom. The largest absolute Gasteiger partial charge is 0.481 e. The van der Waals surface area contributed by atoms with Gasteiger partial charge in [-0.05, 0) is 41.1 Å². The average molecular weight is 283 g/mol. The smallest absolute Gasteiger partial charge is 0.316 e. The van der Waals surface area contributed by atoms with E-state index in [1.54, 1.807) is 32.1 Å². The minimum absolute atomic E-state index is 0.0775. The third-order valence-corrected chi connectivity index (χ3v) is 3.62. The van der Waals surface area contributed by atoms with Gasteiger partial charge in [0, 0.05) is 6.04 Å². The number of carbonyl (C=O) groups excluding carboxylic acids is 1. The van der Waals surface area contributed by atoms with Crippen LogP contribution in [0.2, 0.25) is 0 Å². The monoisotopic (exact) mass is 283 g/mol. The second-order valence-electron chi connectivity index (χ2n) is 5.88. The molecule has 0 aromatic carbocycles. The third kappa shape index (κ3) is 4.67. The predicted octanol–water partition coefficient (Wildman–Crippen LogP) is 2.54. The second-order valence-corrected chi connectivity index (χ2v) is 6.66. The fourth-order valence-electron chi connectivity index (χ4n) is 2.02. The SMILES string of the molecule is CC(Cc1ccsc1)NC(=O)C(C(=O)O)C(C)(C)C. The zero-order valence-electron chi connectivity index (χ0n) is 11.8. The van der Waals surface area contributed by atoms with Crippen molar-refractivity contribution in [2.75, 3.05) is 0 Å². The van der Waals surface area contributed by atoms with Gasteiger partial charge in [0.15, 0.2) is 0 Å². The summed E-state index contributed by atoms with van der Waals surface area (Å²) in [4.78, 5) is 23.3. The molecule has 2 atom stereocenters. The maximum absolute atomic E-state index is 12.1. The van der Waals surface area contributed by atoms with Crippen molar-refractivity contribution in [1.29, 1.82) is 0 Å². The van der Waals surface area contributed by atoms with Crippen LogP contribution < -0.4 is 5.32 Å². The molecular formula is C14H21NO3S. The highest BCUT2D eigenvalue weighted by Crippen LogP contribution is 2.26. The molecule has 1 amide bonds. The van der Waals surface area contributed by atoms with Crippen LogP contribution in [-0.4, -0.2) is 23.0 Å². The van der Waals surface area contributed by atoms with E-state index in [1.807, 2.05) is 23.8 Å². The van der Waals surface area contributed by atoms with Crippen LogP contribution >= 0.6 is 11.3 Å². The van der Waals surface area contributed by atoms with Crippen molar-refractivity contribution in [3.8, 4) is 0 Å². The number of hydrogen-bond donors (Lipinski definition) is 2. The lowest BCUT2D eigenvalue weighted by Gasteiger charge is -2.27. The number of amides is 1. The third-order valence-electron chi connectivity index (χ3n) is 2.89. The zero-order chi connectivity index (χ0) is 14.6. The summed E-state index contributed by atoms with van der Waals surface area (Å²) in [5.74, 6) is -2.52. The average Bonchev–Trinajstić information content (AvgIpc) is 2.66. The Bertz CT molecular complexity index is 434. The molecule has 0 aliphatic heterocycles. The highest BCUT2D eigenvalue weighted by molar-refractivity contribution is 7.07. The molecule has 1 rings (SSSR count). The Balaban J connectivity index is 2.64. The van der Waals surface area contributed by atoms with E-state index in [0.717, 1.165) is 5.56 Å². The van der Waals surface area contributed by atoms with Gasteiger partial charge in [-0.25, -0.2) is 0 Å². The minimum atomic E-state index is -1.08. The lowest BCUT2D eigenvalue weighted by Crippen LogP contribution is -2.46. The molecule has 5 heteroatoms. The lowest BCUT2D eigenvalue weighted by molar-refractivity contribution is -0.151. The van der Waals surface area contributed by atoms with Gasteiger partial charge in [0.2, 0.25) is 5.91 Å². The van der Waals surface area contributed by atoms with Crippen LogP contribution in [0.15, 0.2) is 16.8 Å². The number of rotatable bonds is 5. The number of hydrogen-bond acceptors (Lipinski definition) is 3. The van der Waals surface area contributed by atoms with Gasteiger partial charge in [-0.1, -0.05) is 20.8 Å². The van der Waals surface area contributed by atoms with Crippen molar-refractivity contribution in [3.63, 3.8) is 0 Å². The molecule has 0 saturated carbocycles. The van der Waals surface area contributed by atoms with Crippen LogP contribution in [0.25, 0.3) is 0 Å². The fraction of sp³-hybridized carbons (Fsp3) is 0.571. The normalized spacial score (nSPS) is 14.7. The summed E-state index contributed by atoms with van der Waals surface area (Å²) in [5, 5.41) is 16.0. The Labute approximate surface area is 117 Å². The first kappa shape index (κ1) is 15.7. The molecule has 0 bridgehead atoms. The van der Waals surface area contributed by atoms with E-state index in [9.17, 15) is 14.7 Å². The fourth-order valence-corrected chi connectivity index (χ4v) is 2.70. The maximum atomic E-state index is 12.1. The summed E-state index contributed by atoms with van der Waals surface area (Å²) in [6.07, 6.45) is 0.714. The van der Waals surface area contributed by atoms with E-state index in [1.165, 1.54) is 0 Å². The van der Waals surface area contributed by atoms with Crippen LogP contribution in [0.5, 0.6) is 0 Å². The molecule has 0 aliphatic rings. The topological polar surface area (TPSA) is 66.4 Å². The van der Waals surface area contributed by atoms with E-state index in [2.05, 4.69) is 5.32 Å². The molecule has 2 unspecified atom stereocenters. The van der Waals surface area contributed by atoms with E-state index in [4.69, 9.17) is 0 Å². The summed E-state index contributed by atoms with van der Waals surface area (Å²) >= 11 is 1.61. The maximum Gasteiger partial charge on any atom is 0.316 e. The van der Waals surface area contributed by atoms with Crippen molar-refractivity contribution in [3.05, 3.63) is 22.4 Å². The first-order valence-corrected chi connectivity index (χ1v) is 7.20. The summed E-state index contributed by atoms with van der Waals surface area (Å²) in [6, 6.07) is 1.93. The molecule has 1 aromatic heterocycles. The predicted molar refractivity (Wildman–Crippen MR) is 76.2 cm³/mol. The number of carboxylic acids is 1. The van der Waals surface area contributed by atoms with Gasteiger partial charge < -0.3 is 10.4 Å². The molecule has 0 spiro atoms. The Morgan fingerprint density at radius 1 is 1.42 bits per heavy atom. The number of thiophene rings is 1. The molecule has 19 heavy (non-hydrogen) atoms. The number of nitrogens with one attached hydrogen (secondary N) is 1. The first-order chi connectivity index (χ1) is 8.71. The van der Waals surface area contributed by atoms with Gasteiger partial charge in [0.1, 0.15) is 5.92 Å². The van der Waals surface area contributed by atoms with Crippen molar-refractivity contribution < 1.29 is 14.7 Å². The molecule has 1 heterocycles. The Hall–Kier alpha value is -1.36. The van der Waals surface area contributed by atoms with Crippen molar-refractivity contribution in [2.24, 2.45) is 11.3 Å². The number of carboxylic acid groups (broad SMARTS) is 1. The van der Waals surface area contributed by atoms with Crippen LogP contribution in [0, 0.1) is 11.3 Å². The van der Waals surface area contributed by atoms with Crippen LogP contribution in [-0.2, 0) is 16.0 Å². The van der Waals surface area contributed by atoms with Gasteiger partial charge in [0.05, 0.1) is 0 Å². The van der Waals surface area contributed by atoms with Gasteiger partial charge in [0.25, 0.3) is 0 Å². The molecule has 0 fully saturated rings. The molecule has 1 aromatic rings. The summed E-state index contributed by atoms with van der Waals surface area (Å²) in [7, 11) is 0. The van der Waals surface area contributed by atoms with E-state index in [-0.39, 0.29) is 6.04 Å². The van der Waals surface area contributed by atoms with Gasteiger partial charge in [-0.3, -0.25) is 9.59 Å². The molecule has 106 valence electrons. The van der Waals surface area contributed by atoms with Crippen LogP contribution in [0.1, 0.15) is 33.3 Å². The Morgan fingerprint density at radius 2 is 2.05 bits per heavy atom. The highest BCUT2D eigenvalue weighted by atomic mass is 32.1. The quantitative estimate of drug-likeness (QED) is 0.816. The minimum Gasteiger partial charge on any atom is -0.481 e. The molecule has 0 saturated heterocycles. The highest BCUT2D eigenvalue weighted by Gasteiger charge is 2.37. The number of aliphatic carboxylic acids is 1.